The average molecular weight is 554 g/mol. The van der Waals surface area contributed by atoms with Crippen LogP contribution in [-0.2, 0) is 4.74 Å². The molecule has 7 nitrogen and oxygen atoms in total. The maximum absolute atomic E-state index is 13.4. The molecule has 3 saturated heterocycles. The molecule has 1 spiro atoms. The van der Waals surface area contributed by atoms with E-state index in [9.17, 15) is 9.59 Å². The van der Waals surface area contributed by atoms with E-state index in [-0.39, 0.29) is 17.6 Å². The van der Waals surface area contributed by atoms with Gasteiger partial charge in [-0.05, 0) is 68.2 Å². The van der Waals surface area contributed by atoms with Crippen LogP contribution < -0.4 is 4.74 Å². The standard InChI is InChI=1S/C33H51N3O4/c1-5-6-9-26-10-7-8-11-27(26)22-36-23-33(40-32(36)38)14-18-34(19-15-33)28-12-16-35(17-13-28)31(37)30-24(2)20-29(39-4)21-25(30)3/h20-21,26-28H,5-19,22-23H2,1-4H3. The normalized spacial score (nSPS) is 25.9. The van der Waals surface area contributed by atoms with Gasteiger partial charge in [-0.2, -0.15) is 0 Å². The number of nitrogens with zero attached hydrogens (tertiary/aromatic N) is 3. The molecule has 2 amide bonds. The second-order valence-electron chi connectivity index (χ2n) is 13.1. The highest BCUT2D eigenvalue weighted by molar-refractivity contribution is 5.97. The molecule has 1 aromatic rings. The van der Waals surface area contributed by atoms with Crippen LogP contribution in [0.1, 0.15) is 99.0 Å². The van der Waals surface area contributed by atoms with Gasteiger partial charge in [0.1, 0.15) is 11.4 Å². The maximum atomic E-state index is 13.4. The molecular weight excluding hydrogens is 502 g/mol. The van der Waals surface area contributed by atoms with E-state index in [1.807, 2.05) is 30.9 Å². The van der Waals surface area contributed by atoms with E-state index in [1.54, 1.807) is 7.11 Å². The number of hydrogen-bond acceptors (Lipinski definition) is 5. The summed E-state index contributed by atoms with van der Waals surface area (Å²) in [6.07, 6.45) is 12.9. The van der Waals surface area contributed by atoms with E-state index in [0.29, 0.717) is 12.0 Å². The summed E-state index contributed by atoms with van der Waals surface area (Å²) < 4.78 is 11.5. The van der Waals surface area contributed by atoms with Gasteiger partial charge in [0.15, 0.2) is 0 Å². The molecule has 0 aromatic heterocycles. The predicted molar refractivity (Wildman–Crippen MR) is 158 cm³/mol. The first kappa shape index (κ1) is 29.2. The van der Waals surface area contributed by atoms with Crippen molar-refractivity contribution < 1.29 is 19.1 Å². The van der Waals surface area contributed by atoms with Crippen LogP contribution in [0.5, 0.6) is 5.75 Å². The number of hydrogen-bond donors (Lipinski definition) is 0. The van der Waals surface area contributed by atoms with Gasteiger partial charge in [-0.25, -0.2) is 4.79 Å². The van der Waals surface area contributed by atoms with Crippen molar-refractivity contribution in [1.82, 2.24) is 14.7 Å². The van der Waals surface area contributed by atoms with Crippen molar-refractivity contribution in [3.63, 3.8) is 0 Å². The van der Waals surface area contributed by atoms with Gasteiger partial charge in [-0.3, -0.25) is 9.69 Å². The Hall–Kier alpha value is -2.28. The largest absolute Gasteiger partial charge is 0.497 e. The number of carbonyl (C=O) groups excluding carboxylic acids is 2. The van der Waals surface area contributed by atoms with Crippen LogP contribution in [0.4, 0.5) is 4.79 Å². The van der Waals surface area contributed by atoms with Gasteiger partial charge in [0.25, 0.3) is 5.91 Å². The Balaban J connectivity index is 1.11. The number of methoxy groups -OCH3 is 1. The van der Waals surface area contributed by atoms with E-state index >= 15 is 0 Å². The number of likely N-dealkylation sites (tertiary alicyclic amines) is 2. The minimum absolute atomic E-state index is 0.0794. The number of ether oxygens (including phenoxy) is 2. The predicted octanol–water partition coefficient (Wildman–Crippen LogP) is 6.20. The van der Waals surface area contributed by atoms with E-state index in [0.717, 1.165) is 93.3 Å². The highest BCUT2D eigenvalue weighted by Gasteiger charge is 2.48. The number of piperidine rings is 2. The fraction of sp³-hybridized carbons (Fsp3) is 0.758. The van der Waals surface area contributed by atoms with Crippen molar-refractivity contribution in [3.8, 4) is 5.75 Å². The Morgan fingerprint density at radius 3 is 2.27 bits per heavy atom. The van der Waals surface area contributed by atoms with Crippen molar-refractivity contribution in [1.29, 1.82) is 0 Å². The smallest absolute Gasteiger partial charge is 0.410 e. The van der Waals surface area contributed by atoms with E-state index in [2.05, 4.69) is 16.7 Å². The third kappa shape index (κ3) is 6.29. The van der Waals surface area contributed by atoms with Crippen LogP contribution in [0.15, 0.2) is 12.1 Å². The van der Waals surface area contributed by atoms with Crippen LogP contribution in [-0.4, -0.2) is 84.7 Å². The molecule has 1 aliphatic carbocycles. The average Bonchev–Trinajstić information content (AvgIpc) is 3.26. The van der Waals surface area contributed by atoms with Crippen molar-refractivity contribution in [2.24, 2.45) is 11.8 Å². The Morgan fingerprint density at radius 2 is 1.65 bits per heavy atom. The van der Waals surface area contributed by atoms with Gasteiger partial charge in [0.2, 0.25) is 0 Å². The topological polar surface area (TPSA) is 62.3 Å². The molecule has 4 fully saturated rings. The highest BCUT2D eigenvalue weighted by Crippen LogP contribution is 2.39. The molecule has 4 aliphatic rings. The third-order valence-electron chi connectivity index (χ3n) is 10.4. The van der Waals surface area contributed by atoms with E-state index in [1.165, 1.54) is 44.9 Å². The third-order valence-corrected chi connectivity index (χ3v) is 10.4. The summed E-state index contributed by atoms with van der Waals surface area (Å²) in [4.78, 5) is 33.0. The first-order chi connectivity index (χ1) is 19.3. The van der Waals surface area contributed by atoms with Crippen molar-refractivity contribution in [2.75, 3.05) is 46.4 Å². The second kappa shape index (κ2) is 12.7. The molecule has 0 N–H and O–H groups in total. The Bertz CT molecular complexity index is 1020. The van der Waals surface area contributed by atoms with Crippen LogP contribution in [0.2, 0.25) is 0 Å². The van der Waals surface area contributed by atoms with Gasteiger partial charge >= 0.3 is 6.09 Å². The maximum Gasteiger partial charge on any atom is 0.410 e. The monoisotopic (exact) mass is 553 g/mol. The quantitative estimate of drug-likeness (QED) is 0.384. The zero-order valence-electron chi connectivity index (χ0n) is 25.4. The summed E-state index contributed by atoms with van der Waals surface area (Å²) in [5.41, 5.74) is 2.47. The molecule has 0 radical (unpaired) electrons. The highest BCUT2D eigenvalue weighted by atomic mass is 16.6. The van der Waals surface area contributed by atoms with Crippen LogP contribution in [0.25, 0.3) is 0 Å². The SMILES string of the molecule is CCCCC1CCCCC1CN1CC2(CCN(C3CCN(C(=O)c4c(C)cc(OC)cc4C)CC3)CC2)OC1=O. The zero-order valence-corrected chi connectivity index (χ0v) is 25.4. The summed E-state index contributed by atoms with van der Waals surface area (Å²) >= 11 is 0. The first-order valence-corrected chi connectivity index (χ1v) is 16.0. The van der Waals surface area contributed by atoms with Gasteiger partial charge < -0.3 is 19.3 Å². The van der Waals surface area contributed by atoms with Gasteiger partial charge in [-0.1, -0.05) is 45.4 Å². The van der Waals surface area contributed by atoms with Crippen LogP contribution in [0, 0.1) is 25.7 Å². The summed E-state index contributed by atoms with van der Waals surface area (Å²) in [5, 5.41) is 0. The lowest BCUT2D eigenvalue weighted by Crippen LogP contribution is -2.53. The molecular formula is C33H51N3O4. The lowest BCUT2D eigenvalue weighted by Gasteiger charge is -2.44. The number of unbranched alkanes of at least 4 members (excludes halogenated alkanes) is 1. The molecule has 1 aromatic carbocycles. The molecule has 1 saturated carbocycles. The number of amides is 2. The zero-order chi connectivity index (χ0) is 28.3. The summed E-state index contributed by atoms with van der Waals surface area (Å²) in [7, 11) is 1.66. The minimum Gasteiger partial charge on any atom is -0.497 e. The first-order valence-electron chi connectivity index (χ1n) is 16.0. The Kier molecular flexibility index (Phi) is 9.28. The molecule has 2 atom stereocenters. The van der Waals surface area contributed by atoms with E-state index in [4.69, 9.17) is 9.47 Å². The van der Waals surface area contributed by atoms with Gasteiger partial charge in [0.05, 0.1) is 13.7 Å². The fourth-order valence-electron chi connectivity index (χ4n) is 8.02. The molecule has 2 unspecified atom stereocenters. The summed E-state index contributed by atoms with van der Waals surface area (Å²) in [6.45, 7) is 11.4. The summed E-state index contributed by atoms with van der Waals surface area (Å²) in [6, 6.07) is 4.40. The van der Waals surface area contributed by atoms with Crippen molar-refractivity contribution in [3.05, 3.63) is 28.8 Å². The molecule has 3 aliphatic heterocycles. The van der Waals surface area contributed by atoms with Crippen LogP contribution >= 0.6 is 0 Å². The van der Waals surface area contributed by atoms with Gasteiger partial charge in [-0.15, -0.1) is 0 Å². The number of aryl methyl sites for hydroxylation is 2. The van der Waals surface area contributed by atoms with Crippen LogP contribution in [0.3, 0.4) is 0 Å². The molecule has 0 bridgehead atoms. The Labute approximate surface area is 241 Å². The van der Waals surface area contributed by atoms with Crippen molar-refractivity contribution in [2.45, 2.75) is 103 Å². The van der Waals surface area contributed by atoms with Gasteiger partial charge in [0, 0.05) is 57.2 Å². The molecule has 222 valence electrons. The molecule has 40 heavy (non-hydrogen) atoms. The van der Waals surface area contributed by atoms with E-state index < -0.39 is 0 Å². The lowest BCUT2D eigenvalue weighted by atomic mass is 9.76. The number of carbonyl (C=O) groups is 2. The van der Waals surface area contributed by atoms with Crippen molar-refractivity contribution >= 4 is 12.0 Å². The molecule has 7 heteroatoms. The lowest BCUT2D eigenvalue weighted by molar-refractivity contribution is -0.0175. The number of benzene rings is 1. The molecule has 3 heterocycles. The Morgan fingerprint density at radius 1 is 1.00 bits per heavy atom. The second-order valence-corrected chi connectivity index (χ2v) is 13.1. The fourth-order valence-corrected chi connectivity index (χ4v) is 8.02. The number of rotatable bonds is 8. The minimum atomic E-state index is -0.304. The summed E-state index contributed by atoms with van der Waals surface area (Å²) in [5.74, 6) is 2.35. The molecule has 5 rings (SSSR count).